The molecule has 6 nitrogen and oxygen atoms in total. The first kappa shape index (κ1) is 17.1. The number of likely N-dealkylation sites (tertiary alicyclic amines) is 1. The fourth-order valence-corrected chi connectivity index (χ4v) is 2.74. The molecule has 0 spiro atoms. The molecule has 2 heterocycles. The maximum Gasteiger partial charge on any atom is 0.243 e. The number of carbonyl (C=O) groups is 2. The molecular formula is C16H15CoN4O2-. The van der Waals surface area contributed by atoms with Gasteiger partial charge in [-0.1, -0.05) is 10.9 Å². The smallest absolute Gasteiger partial charge is 0.243 e. The topological polar surface area (TPSA) is 89.0 Å². The van der Waals surface area contributed by atoms with Crippen LogP contribution in [-0.2, 0) is 21.6 Å². The number of benzene rings is 1. The van der Waals surface area contributed by atoms with Gasteiger partial charge in [0.1, 0.15) is 6.04 Å². The van der Waals surface area contributed by atoms with Gasteiger partial charge < -0.3 is 15.2 Å². The minimum atomic E-state index is -0.368. The molecule has 1 atom stereocenters. The van der Waals surface area contributed by atoms with E-state index in [0.29, 0.717) is 18.5 Å². The summed E-state index contributed by atoms with van der Waals surface area (Å²) >= 11 is 0. The van der Waals surface area contributed by atoms with Crippen LogP contribution in [0.2, 0.25) is 0 Å². The minimum absolute atomic E-state index is 0. The summed E-state index contributed by atoms with van der Waals surface area (Å²) in [6.45, 7) is 0.481. The number of hydrogen-bond acceptors (Lipinski definition) is 3. The van der Waals surface area contributed by atoms with Crippen molar-refractivity contribution in [2.45, 2.75) is 18.9 Å². The molecule has 2 N–H and O–H groups in total. The number of aromatic amines is 1. The van der Waals surface area contributed by atoms with E-state index in [1.165, 1.54) is 4.90 Å². The van der Waals surface area contributed by atoms with E-state index in [1.807, 2.05) is 6.07 Å². The summed E-state index contributed by atoms with van der Waals surface area (Å²) in [6, 6.07) is 10.1. The van der Waals surface area contributed by atoms with Gasteiger partial charge in [-0.3, -0.25) is 9.59 Å². The van der Waals surface area contributed by atoms with E-state index in [4.69, 9.17) is 5.26 Å². The molecule has 121 valence electrons. The van der Waals surface area contributed by atoms with Gasteiger partial charge in [0.05, 0.1) is 12.6 Å². The van der Waals surface area contributed by atoms with Crippen LogP contribution in [0, 0.1) is 17.4 Å². The number of hydrogen-bond donors (Lipinski definition) is 2. The molecule has 1 aromatic carbocycles. The van der Waals surface area contributed by atoms with Crippen LogP contribution < -0.4 is 5.32 Å². The van der Waals surface area contributed by atoms with Crippen molar-refractivity contribution in [2.75, 3.05) is 13.1 Å². The van der Waals surface area contributed by atoms with Crippen molar-refractivity contribution < 1.29 is 26.4 Å². The second-order valence-corrected chi connectivity index (χ2v) is 5.22. The molecule has 0 aliphatic carbocycles. The molecule has 2 aromatic rings. The summed E-state index contributed by atoms with van der Waals surface area (Å²) in [5.74, 6) is -0.532. The summed E-state index contributed by atoms with van der Waals surface area (Å²) in [6.07, 6.45) is 3.14. The van der Waals surface area contributed by atoms with Crippen LogP contribution in [0.4, 0.5) is 0 Å². The molecule has 1 aliphatic heterocycles. The van der Waals surface area contributed by atoms with E-state index in [2.05, 4.69) is 22.4 Å². The van der Waals surface area contributed by atoms with Gasteiger partial charge in [0, 0.05) is 35.1 Å². The number of aromatic nitrogens is 1. The average Bonchev–Trinajstić information content (AvgIpc) is 3.18. The minimum Gasteiger partial charge on any atom is -0.384 e. The Labute approximate surface area is 144 Å². The number of rotatable bonds is 3. The number of carbonyl (C=O) groups excluding carboxylic acids is 2. The zero-order valence-corrected chi connectivity index (χ0v) is 13.3. The Morgan fingerprint density at radius 1 is 1.52 bits per heavy atom. The van der Waals surface area contributed by atoms with Crippen LogP contribution in [0.1, 0.15) is 23.2 Å². The first-order valence-electron chi connectivity index (χ1n) is 7.16. The van der Waals surface area contributed by atoms with E-state index >= 15 is 0 Å². The predicted octanol–water partition coefficient (Wildman–Crippen LogP) is 1.21. The van der Waals surface area contributed by atoms with E-state index < -0.39 is 0 Å². The number of H-pyrrole nitrogens is 1. The van der Waals surface area contributed by atoms with Crippen LogP contribution >= 0.6 is 0 Å². The van der Waals surface area contributed by atoms with Crippen molar-refractivity contribution >= 4 is 22.7 Å². The van der Waals surface area contributed by atoms with Gasteiger partial charge in [0.2, 0.25) is 11.8 Å². The first-order valence-corrected chi connectivity index (χ1v) is 7.16. The number of para-hydroxylation sites is 1. The second kappa shape index (κ2) is 7.31. The molecule has 2 amide bonds. The van der Waals surface area contributed by atoms with E-state index in [9.17, 15) is 9.59 Å². The number of nitrogens with zero attached hydrogens (tertiary/aromatic N) is 2. The molecule has 7 heteroatoms. The average molecular weight is 354 g/mol. The van der Waals surface area contributed by atoms with E-state index in [1.54, 1.807) is 18.3 Å². The number of amides is 2. The molecule has 0 saturated carbocycles. The van der Waals surface area contributed by atoms with Crippen LogP contribution in [0.5, 0.6) is 0 Å². The first-order chi connectivity index (χ1) is 10.7. The SMILES string of the molecule is N#C[C@@H]1CCCN1C(=O)CNC(=O)c1c[nH]c2[c-]cccc12.[Co]. The molecule has 1 aliphatic rings. The Kier molecular flexibility index (Phi) is 5.42. The van der Waals surface area contributed by atoms with Crippen LogP contribution in [0.15, 0.2) is 24.4 Å². The molecular weight excluding hydrogens is 339 g/mol. The predicted molar refractivity (Wildman–Crippen MR) is 79.8 cm³/mol. The maximum absolute atomic E-state index is 12.2. The van der Waals surface area contributed by atoms with Gasteiger partial charge in [-0.05, 0) is 12.8 Å². The normalized spacial score (nSPS) is 16.7. The Bertz CT molecular complexity index is 765. The Hall–Kier alpha value is -2.30. The van der Waals surface area contributed by atoms with Gasteiger partial charge in [-0.15, -0.1) is 0 Å². The fourth-order valence-electron chi connectivity index (χ4n) is 2.74. The summed E-state index contributed by atoms with van der Waals surface area (Å²) in [5.41, 5.74) is 1.24. The maximum atomic E-state index is 12.2. The molecule has 1 fully saturated rings. The van der Waals surface area contributed by atoms with Crippen LogP contribution in [0.3, 0.4) is 0 Å². The van der Waals surface area contributed by atoms with Crippen molar-refractivity contribution in [3.8, 4) is 6.07 Å². The van der Waals surface area contributed by atoms with E-state index in [0.717, 1.165) is 17.3 Å². The van der Waals surface area contributed by atoms with Gasteiger partial charge in [0.25, 0.3) is 0 Å². The summed E-state index contributed by atoms with van der Waals surface area (Å²) in [7, 11) is 0. The third-order valence-corrected chi connectivity index (χ3v) is 3.87. The van der Waals surface area contributed by atoms with Crippen molar-refractivity contribution in [3.63, 3.8) is 0 Å². The third kappa shape index (κ3) is 3.38. The number of fused-ring (bicyclic) bond motifs is 1. The Balaban J connectivity index is 0.00000192. The van der Waals surface area contributed by atoms with Crippen molar-refractivity contribution in [1.29, 1.82) is 5.26 Å². The third-order valence-electron chi connectivity index (χ3n) is 3.87. The summed E-state index contributed by atoms with van der Waals surface area (Å²) < 4.78 is 0. The van der Waals surface area contributed by atoms with Gasteiger partial charge in [-0.25, -0.2) is 0 Å². The zero-order chi connectivity index (χ0) is 15.5. The van der Waals surface area contributed by atoms with Crippen molar-refractivity contribution in [2.24, 2.45) is 0 Å². The monoisotopic (exact) mass is 354 g/mol. The summed E-state index contributed by atoms with van der Waals surface area (Å²) in [4.78, 5) is 28.8. The number of nitriles is 1. The van der Waals surface area contributed by atoms with Gasteiger partial charge in [0.15, 0.2) is 0 Å². The van der Waals surface area contributed by atoms with Crippen molar-refractivity contribution in [1.82, 2.24) is 15.2 Å². The molecule has 0 bridgehead atoms. The Morgan fingerprint density at radius 2 is 2.35 bits per heavy atom. The standard InChI is InChI=1S/C16H15N4O2.Co/c17-8-11-4-3-7-20(11)15(21)10-19-16(22)13-9-18-14-6-2-1-5-12(13)14;/h1-2,5,9,11,18H,3-4,7,10H2,(H,19,22);/q-1;/t11-;/m0./s1. The largest absolute Gasteiger partial charge is 0.384 e. The fraction of sp³-hybridized carbons (Fsp3) is 0.312. The van der Waals surface area contributed by atoms with E-state index in [-0.39, 0.29) is 41.2 Å². The molecule has 3 rings (SSSR count). The van der Waals surface area contributed by atoms with Gasteiger partial charge >= 0.3 is 0 Å². The molecule has 1 saturated heterocycles. The number of nitrogens with one attached hydrogen (secondary N) is 2. The van der Waals surface area contributed by atoms with Crippen molar-refractivity contribution in [3.05, 3.63) is 36.0 Å². The van der Waals surface area contributed by atoms with Crippen LogP contribution in [-0.4, -0.2) is 40.8 Å². The molecule has 0 unspecified atom stereocenters. The quantitative estimate of drug-likeness (QED) is 0.812. The van der Waals surface area contributed by atoms with Gasteiger partial charge in [-0.2, -0.15) is 29.5 Å². The zero-order valence-electron chi connectivity index (χ0n) is 12.3. The second-order valence-electron chi connectivity index (χ2n) is 5.22. The van der Waals surface area contributed by atoms with Crippen LogP contribution in [0.25, 0.3) is 10.9 Å². The molecule has 1 aromatic heterocycles. The molecule has 1 radical (unpaired) electrons. The summed E-state index contributed by atoms with van der Waals surface area (Å²) in [5, 5.41) is 12.4. The molecule has 23 heavy (non-hydrogen) atoms. The Morgan fingerprint density at radius 3 is 3.13 bits per heavy atom.